The lowest BCUT2D eigenvalue weighted by molar-refractivity contribution is 0.553. The predicted molar refractivity (Wildman–Crippen MR) is 185 cm³/mol. The minimum absolute atomic E-state index is 0.0947. The lowest BCUT2D eigenvalue weighted by atomic mass is 9.75. The zero-order valence-electron chi connectivity index (χ0n) is 28.7. The third kappa shape index (κ3) is 8.73. The Morgan fingerprint density at radius 3 is 0.846 bits per heavy atom. The van der Waals surface area contributed by atoms with Gasteiger partial charge in [0, 0.05) is 13.6 Å². The summed E-state index contributed by atoms with van der Waals surface area (Å²) in [6, 6.07) is 10.1. The Hall–Kier alpha value is -0.530. The molecule has 217 valence electrons. The molecule has 0 bridgehead atoms. The lowest BCUT2D eigenvalue weighted by Crippen LogP contribution is -2.30. The van der Waals surface area contributed by atoms with E-state index in [-0.39, 0.29) is 32.5 Å². The molecule has 0 spiro atoms. The lowest BCUT2D eigenvalue weighted by Gasteiger charge is -2.33. The van der Waals surface area contributed by atoms with Crippen molar-refractivity contribution in [2.75, 3.05) is 0 Å². The van der Waals surface area contributed by atoms with Crippen LogP contribution < -0.4 is 10.6 Å². The summed E-state index contributed by atoms with van der Waals surface area (Å²) in [5.74, 6) is 0. The third-order valence-electron chi connectivity index (χ3n) is 7.47. The van der Waals surface area contributed by atoms with E-state index >= 15 is 0 Å². The molecule has 0 saturated heterocycles. The number of rotatable bonds is 3. The van der Waals surface area contributed by atoms with Crippen LogP contribution in [0.5, 0.6) is 0 Å². The third-order valence-corrected chi connectivity index (χ3v) is 12.4. The maximum absolute atomic E-state index is 2.52. The van der Waals surface area contributed by atoms with Crippen molar-refractivity contribution >= 4 is 34.3 Å². The minimum atomic E-state index is 0.0947. The van der Waals surface area contributed by atoms with Crippen molar-refractivity contribution in [3.05, 3.63) is 57.6 Å². The van der Waals surface area contributed by atoms with E-state index in [1.54, 1.807) is 0 Å². The molecule has 0 saturated carbocycles. The molecule has 0 atom stereocenters. The molecule has 0 aliphatic rings. The largest absolute Gasteiger partial charge is 0.0561 e. The fraction of sp³-hybridized carbons (Fsp3) is 0.667. The maximum Gasteiger partial charge on any atom is 0.0222 e. The Kier molecular flexibility index (Phi) is 10.0. The zero-order valence-corrected chi connectivity index (χ0v) is 31.3. The van der Waals surface area contributed by atoms with E-state index in [0.717, 1.165) is 0 Å². The van der Waals surface area contributed by atoms with Crippen molar-refractivity contribution in [1.29, 1.82) is 0 Å². The molecule has 2 aromatic carbocycles. The molecule has 0 aliphatic heterocycles. The van der Waals surface area contributed by atoms with Crippen molar-refractivity contribution in [2.45, 2.75) is 157 Å². The van der Waals surface area contributed by atoms with Crippen LogP contribution in [-0.4, -0.2) is 0 Å². The Morgan fingerprint density at radius 1 is 0.359 bits per heavy atom. The Bertz CT molecular complexity index is 1130. The molecular weight excluding hydrogens is 525 g/mol. The molecule has 0 N–H and O–H groups in total. The van der Waals surface area contributed by atoms with Gasteiger partial charge in [-0.05, 0) is 86.6 Å². The highest BCUT2D eigenvalue weighted by molar-refractivity contribution is 8.28. The highest BCUT2D eigenvalue weighted by atomic mass is 32.2. The standard InChI is InChI=1S/C36H58P3/c1-31(2,3)23-19-25(33(7,8)9)29(26(20-23)34(10,11)12)37-39-38-30-27(35(13,14)15)21-24(32(4,5)6)22-28(30)36(16,17)18/h19-22H,1-18H3. The van der Waals surface area contributed by atoms with E-state index in [0.29, 0.717) is 0 Å². The van der Waals surface area contributed by atoms with Crippen molar-refractivity contribution < 1.29 is 0 Å². The van der Waals surface area contributed by atoms with Gasteiger partial charge in [0.2, 0.25) is 0 Å². The van der Waals surface area contributed by atoms with E-state index in [9.17, 15) is 0 Å². The summed E-state index contributed by atoms with van der Waals surface area (Å²) in [6.07, 6.45) is 0. The number of benzene rings is 2. The maximum atomic E-state index is 2.52. The van der Waals surface area contributed by atoms with Gasteiger partial charge >= 0.3 is 0 Å². The van der Waals surface area contributed by atoms with Crippen molar-refractivity contribution in [3.63, 3.8) is 0 Å². The van der Waals surface area contributed by atoms with E-state index in [2.05, 4.69) is 149 Å². The summed E-state index contributed by atoms with van der Waals surface area (Å²) >= 11 is 0. The Labute approximate surface area is 248 Å². The van der Waals surface area contributed by atoms with Crippen molar-refractivity contribution in [1.82, 2.24) is 0 Å². The summed E-state index contributed by atoms with van der Waals surface area (Å²) in [5, 5.41) is 3.08. The van der Waals surface area contributed by atoms with Gasteiger partial charge in [-0.1, -0.05) is 149 Å². The van der Waals surface area contributed by atoms with Crippen LogP contribution in [0.4, 0.5) is 0 Å². The number of hydrogen-bond donors (Lipinski definition) is 0. The molecule has 0 unspecified atom stereocenters. The second kappa shape index (κ2) is 11.3. The van der Waals surface area contributed by atoms with E-state index in [4.69, 9.17) is 0 Å². The van der Waals surface area contributed by atoms with Crippen LogP contribution >= 0.6 is 23.7 Å². The smallest absolute Gasteiger partial charge is 0.0222 e. The summed E-state index contributed by atoms with van der Waals surface area (Å²) < 4.78 is 0. The van der Waals surface area contributed by atoms with Gasteiger partial charge in [0.1, 0.15) is 0 Å². The number of hydrogen-bond acceptors (Lipinski definition) is 0. The van der Waals surface area contributed by atoms with E-state index in [1.165, 1.54) is 67.7 Å². The van der Waals surface area contributed by atoms with Gasteiger partial charge < -0.3 is 0 Å². The second-order valence-electron chi connectivity index (χ2n) is 17.6. The normalized spacial score (nSPS) is 14.7. The van der Waals surface area contributed by atoms with Gasteiger partial charge in [-0.25, -0.2) is 0 Å². The highest BCUT2D eigenvalue weighted by Gasteiger charge is 2.31. The molecule has 0 nitrogen and oxygen atoms in total. The average Bonchev–Trinajstić information content (AvgIpc) is 2.68. The van der Waals surface area contributed by atoms with Crippen LogP contribution in [0.15, 0.2) is 24.3 Å². The predicted octanol–water partition coefficient (Wildman–Crippen LogP) is 12.1. The first-order chi connectivity index (χ1) is 17.1. The average molecular weight is 584 g/mol. The molecule has 3 heteroatoms. The van der Waals surface area contributed by atoms with Crippen LogP contribution in [0.25, 0.3) is 0 Å². The molecule has 39 heavy (non-hydrogen) atoms. The first kappa shape index (κ1) is 34.7. The molecule has 1 radical (unpaired) electrons. The molecule has 0 fully saturated rings. The fourth-order valence-electron chi connectivity index (χ4n) is 4.75. The van der Waals surface area contributed by atoms with Crippen LogP contribution in [-0.2, 0) is 32.5 Å². The second-order valence-corrected chi connectivity index (χ2v) is 22.4. The van der Waals surface area contributed by atoms with Gasteiger partial charge in [0.05, 0.1) is 0 Å². The summed E-state index contributed by atoms with van der Waals surface area (Å²) in [7, 11) is 4.24. The molecule has 0 amide bonds. The fourth-order valence-corrected chi connectivity index (χ4v) is 11.0. The van der Waals surface area contributed by atoms with Crippen molar-refractivity contribution in [2.24, 2.45) is 0 Å². The van der Waals surface area contributed by atoms with E-state index in [1.807, 2.05) is 0 Å². The first-order valence-corrected chi connectivity index (χ1v) is 18.8. The highest BCUT2D eigenvalue weighted by Crippen LogP contribution is 2.45. The zero-order chi connectivity index (χ0) is 30.6. The SMILES string of the molecule is CC(C)(C)c1cc(C(C)(C)C)c([P]P=Pc2c(C(C)(C)C)cc(C(C)(C)C)cc2C(C)(C)C)c(C(C)(C)C)c1. The van der Waals surface area contributed by atoms with Crippen LogP contribution in [0, 0.1) is 0 Å². The Morgan fingerprint density at radius 2 is 0.615 bits per heavy atom. The monoisotopic (exact) mass is 583 g/mol. The van der Waals surface area contributed by atoms with Gasteiger partial charge in [-0.3, -0.25) is 0 Å². The van der Waals surface area contributed by atoms with Gasteiger partial charge in [0.15, 0.2) is 0 Å². The Balaban J connectivity index is 2.86. The molecule has 0 heterocycles. The first-order valence-electron chi connectivity index (χ1n) is 14.7. The molecule has 2 aromatic rings. The molecular formula is C36H58P3. The molecule has 0 aliphatic carbocycles. The van der Waals surface area contributed by atoms with Gasteiger partial charge in [-0.2, -0.15) is 0 Å². The van der Waals surface area contributed by atoms with Crippen LogP contribution in [0.2, 0.25) is 0 Å². The van der Waals surface area contributed by atoms with Crippen molar-refractivity contribution in [3.8, 4) is 0 Å². The quantitative estimate of drug-likeness (QED) is 0.315. The van der Waals surface area contributed by atoms with Crippen LogP contribution in [0.3, 0.4) is 0 Å². The summed E-state index contributed by atoms with van der Waals surface area (Å²) in [6.45, 7) is 42.7. The van der Waals surface area contributed by atoms with Gasteiger partial charge in [0.25, 0.3) is 0 Å². The van der Waals surface area contributed by atoms with E-state index < -0.39 is 0 Å². The van der Waals surface area contributed by atoms with Crippen LogP contribution in [0.1, 0.15) is 158 Å². The topological polar surface area (TPSA) is 0 Å². The summed E-state index contributed by atoms with van der Waals surface area (Å²) in [4.78, 5) is 0. The molecule has 0 aromatic heterocycles. The molecule has 2 rings (SSSR count). The summed E-state index contributed by atoms with van der Waals surface area (Å²) in [5.41, 5.74) is 9.59. The minimum Gasteiger partial charge on any atom is -0.0561 e. The van der Waals surface area contributed by atoms with Gasteiger partial charge in [-0.15, -0.1) is 0 Å².